The summed E-state index contributed by atoms with van der Waals surface area (Å²) in [6.45, 7) is 24.3. The minimum absolute atomic E-state index is 0.0599. The molecule has 18 nitrogen and oxygen atoms in total. The molecule has 378 valence electrons. The fraction of sp³-hybridized carbons (Fsp3) is 0.520. The molecule has 0 spiro atoms. The van der Waals surface area contributed by atoms with Crippen molar-refractivity contribution in [1.29, 1.82) is 0 Å². The largest absolute Gasteiger partial charge is 0.508 e. The third-order valence-corrected chi connectivity index (χ3v) is 8.55. The number of phenolic OH excluding ortho intramolecular Hbond substituents is 1. The minimum atomic E-state index is -1.25. The molecule has 3 atom stereocenters. The van der Waals surface area contributed by atoms with E-state index >= 15 is 0 Å². The van der Waals surface area contributed by atoms with E-state index in [0.29, 0.717) is 19.6 Å². The number of aliphatic carboxylic acids is 1. The normalized spacial score (nSPS) is 12.6. The number of carbonyl (C=O) groups excluding carboxylic acids is 4. The number of carboxylic acids is 1. The molecular weight excluding hydrogens is 879 g/mol. The molecule has 3 aromatic rings. The Labute approximate surface area is 401 Å². The van der Waals surface area contributed by atoms with Gasteiger partial charge in [-0.2, -0.15) is 0 Å². The van der Waals surface area contributed by atoms with Gasteiger partial charge < -0.3 is 60.9 Å². The van der Waals surface area contributed by atoms with Crippen molar-refractivity contribution in [3.8, 4) is 17.2 Å². The maximum Gasteiger partial charge on any atom is 0.408 e. The number of benzene rings is 3. The molecule has 8 N–H and O–H groups in total. The number of carbonyl (C=O) groups is 6. The standard InChI is InChI=1S/C20H32N2O4.C19H29NO5.C11H14N2O4/c1-19(2,3)13-25-15-10-8-14(9-11-15)12-16(17(23)21-7)22-18(24)26-20(4,5)6;1-18(2,3)12-24-14-9-7-13(8-10-14)11-15(16(21)22)20-17(23)25-19(4,5)6;1-12-10(15)9(13-11(16)17)6-7-2-4-8(14)5-3-7/h8-11,16H,12-13H2,1-7H3,(H,21,23)(H,22,24);7-10,15H,11-12H2,1-6H3,(H,20,23)(H,21,22);2-5,9,13-14H,6H2,1H3,(H,12,15)(H,16,17)/t16-;15-;9-/m000/s1. The first kappa shape index (κ1) is 59.3. The van der Waals surface area contributed by atoms with Crippen LogP contribution in [0.5, 0.6) is 17.2 Å². The molecule has 3 rings (SSSR count). The predicted octanol–water partition coefficient (Wildman–Crippen LogP) is 7.24. The van der Waals surface area contributed by atoms with Crippen LogP contribution < -0.4 is 36.1 Å². The van der Waals surface area contributed by atoms with Crippen LogP contribution in [0, 0.1) is 10.8 Å². The Hall–Kier alpha value is -6.72. The molecule has 68 heavy (non-hydrogen) atoms. The number of aromatic hydroxyl groups is 1. The Balaban J connectivity index is 0.000000521. The molecule has 0 saturated carbocycles. The van der Waals surface area contributed by atoms with Crippen molar-refractivity contribution >= 4 is 36.1 Å². The van der Waals surface area contributed by atoms with Gasteiger partial charge >= 0.3 is 24.2 Å². The SMILES string of the molecule is CC(C)(C)COc1ccc(C[C@H](NC(=O)OC(C)(C)C)C(=O)O)cc1.CNC(=O)[C@H](Cc1ccc(O)cc1)NC(=O)O.CNC(=O)[C@H](Cc1ccc(OCC(C)(C)C)cc1)NC(=O)OC(C)(C)C. The third-order valence-electron chi connectivity index (χ3n) is 8.55. The van der Waals surface area contributed by atoms with E-state index in [0.717, 1.165) is 28.2 Å². The van der Waals surface area contributed by atoms with Crippen LogP contribution in [0.3, 0.4) is 0 Å². The first-order chi connectivity index (χ1) is 31.3. The second kappa shape index (κ2) is 27.2. The smallest absolute Gasteiger partial charge is 0.408 e. The fourth-order valence-electron chi connectivity index (χ4n) is 5.40. The number of hydrogen-bond acceptors (Lipinski definition) is 11. The van der Waals surface area contributed by atoms with Crippen LogP contribution in [-0.2, 0) is 43.1 Å². The maximum atomic E-state index is 12.1. The number of carboxylic acid groups (broad SMARTS) is 2. The Kier molecular flexibility index (Phi) is 23.7. The molecule has 18 heteroatoms. The average molecular weight is 954 g/mol. The van der Waals surface area contributed by atoms with E-state index in [1.54, 1.807) is 77.9 Å². The highest BCUT2D eigenvalue weighted by Gasteiger charge is 2.26. The first-order valence-electron chi connectivity index (χ1n) is 22.1. The predicted molar refractivity (Wildman–Crippen MR) is 259 cm³/mol. The van der Waals surface area contributed by atoms with Gasteiger partial charge in [-0.15, -0.1) is 0 Å². The zero-order chi connectivity index (χ0) is 52.0. The van der Waals surface area contributed by atoms with Crippen LogP contribution in [0.2, 0.25) is 0 Å². The van der Waals surface area contributed by atoms with Gasteiger partial charge in [0.15, 0.2) is 0 Å². The van der Waals surface area contributed by atoms with Crippen LogP contribution in [0.1, 0.15) is 99.8 Å². The monoisotopic (exact) mass is 954 g/mol. The number of phenols is 1. The third kappa shape index (κ3) is 27.7. The fourth-order valence-corrected chi connectivity index (χ4v) is 5.40. The molecule has 0 bridgehead atoms. The molecule has 0 aromatic heterocycles. The second-order valence-electron chi connectivity index (χ2n) is 20.2. The highest BCUT2D eigenvalue weighted by Crippen LogP contribution is 2.21. The van der Waals surface area contributed by atoms with Gasteiger partial charge in [0.2, 0.25) is 11.8 Å². The molecule has 0 aliphatic carbocycles. The topological polar surface area (TPSA) is 260 Å². The molecule has 5 amide bonds. The molecule has 3 aromatic carbocycles. The molecule has 0 aliphatic heterocycles. The molecular formula is C50H75N5O13. The Morgan fingerprint density at radius 3 is 1.09 bits per heavy atom. The molecule has 0 heterocycles. The van der Waals surface area contributed by atoms with E-state index in [1.807, 2.05) is 24.3 Å². The zero-order valence-corrected chi connectivity index (χ0v) is 42.1. The van der Waals surface area contributed by atoms with E-state index in [-0.39, 0.29) is 35.3 Å². The summed E-state index contributed by atoms with van der Waals surface area (Å²) in [6.07, 6.45) is -1.86. The lowest BCUT2D eigenvalue weighted by Crippen LogP contribution is -2.48. The van der Waals surface area contributed by atoms with Crippen LogP contribution in [0.25, 0.3) is 0 Å². The molecule has 0 aliphatic rings. The van der Waals surface area contributed by atoms with Gasteiger partial charge in [0, 0.05) is 33.4 Å². The zero-order valence-electron chi connectivity index (χ0n) is 42.1. The van der Waals surface area contributed by atoms with E-state index in [1.165, 1.54) is 26.2 Å². The van der Waals surface area contributed by atoms with Crippen molar-refractivity contribution in [2.75, 3.05) is 27.3 Å². The molecule has 0 unspecified atom stereocenters. The summed E-state index contributed by atoms with van der Waals surface area (Å²) in [6, 6.07) is 18.3. The molecule has 0 saturated heterocycles. The van der Waals surface area contributed by atoms with Crippen LogP contribution in [0.4, 0.5) is 14.4 Å². The van der Waals surface area contributed by atoms with Gasteiger partial charge in [-0.3, -0.25) is 9.59 Å². The maximum absolute atomic E-state index is 12.1. The number of likely N-dealkylation sites (N-methyl/N-ethyl adjacent to an activating group) is 2. The van der Waals surface area contributed by atoms with Crippen molar-refractivity contribution in [2.45, 2.75) is 132 Å². The van der Waals surface area contributed by atoms with Gasteiger partial charge in [0.1, 0.15) is 46.6 Å². The van der Waals surface area contributed by atoms with E-state index in [9.17, 15) is 33.9 Å². The molecule has 0 radical (unpaired) electrons. The number of ether oxygens (including phenoxy) is 4. The number of rotatable bonds is 16. The number of hydrogen-bond donors (Lipinski definition) is 8. The summed E-state index contributed by atoms with van der Waals surface area (Å²) in [5, 5.41) is 39.1. The number of amides is 5. The van der Waals surface area contributed by atoms with Crippen LogP contribution in [-0.4, -0.2) is 108 Å². The van der Waals surface area contributed by atoms with E-state index in [2.05, 4.69) is 68.1 Å². The average Bonchev–Trinajstić information content (AvgIpc) is 3.21. The van der Waals surface area contributed by atoms with Crippen molar-refractivity contribution < 1.29 is 63.0 Å². The highest BCUT2D eigenvalue weighted by molar-refractivity contribution is 5.86. The summed E-state index contributed by atoms with van der Waals surface area (Å²) in [7, 11) is 2.98. The summed E-state index contributed by atoms with van der Waals surface area (Å²) >= 11 is 0. The van der Waals surface area contributed by atoms with Gasteiger partial charge in [0.25, 0.3) is 0 Å². The summed E-state index contributed by atoms with van der Waals surface area (Å²) in [5.74, 6) is -0.161. The lowest BCUT2D eigenvalue weighted by molar-refractivity contribution is -0.139. The molecule has 0 fully saturated rings. The summed E-state index contributed by atoms with van der Waals surface area (Å²) < 4.78 is 21.8. The van der Waals surface area contributed by atoms with Gasteiger partial charge in [-0.25, -0.2) is 19.2 Å². The summed E-state index contributed by atoms with van der Waals surface area (Å²) in [4.78, 5) is 69.2. The Morgan fingerprint density at radius 1 is 0.485 bits per heavy atom. The van der Waals surface area contributed by atoms with Gasteiger partial charge in [-0.05, 0) is 105 Å². The number of alkyl carbamates (subject to hydrolysis) is 2. The quantitative estimate of drug-likeness (QED) is 0.0705. The van der Waals surface area contributed by atoms with E-state index in [4.69, 9.17) is 29.2 Å². The van der Waals surface area contributed by atoms with Crippen LogP contribution >= 0.6 is 0 Å². The van der Waals surface area contributed by atoms with Crippen molar-refractivity contribution in [2.24, 2.45) is 10.8 Å². The van der Waals surface area contributed by atoms with Gasteiger partial charge in [-0.1, -0.05) is 77.9 Å². The van der Waals surface area contributed by atoms with E-state index < -0.39 is 59.5 Å². The second-order valence-corrected chi connectivity index (χ2v) is 20.2. The Morgan fingerprint density at radius 2 is 0.794 bits per heavy atom. The summed E-state index contributed by atoms with van der Waals surface area (Å²) in [5.41, 5.74) is 1.29. The van der Waals surface area contributed by atoms with Gasteiger partial charge in [0.05, 0.1) is 13.2 Å². The number of nitrogens with one attached hydrogen (secondary N) is 5. The first-order valence-corrected chi connectivity index (χ1v) is 22.1. The van der Waals surface area contributed by atoms with Crippen molar-refractivity contribution in [3.63, 3.8) is 0 Å². The Bertz CT molecular complexity index is 2050. The lowest BCUT2D eigenvalue weighted by atomic mass is 9.98. The lowest BCUT2D eigenvalue weighted by Gasteiger charge is -2.23. The minimum Gasteiger partial charge on any atom is -0.508 e. The van der Waals surface area contributed by atoms with Crippen LogP contribution in [0.15, 0.2) is 72.8 Å². The highest BCUT2D eigenvalue weighted by atomic mass is 16.6. The van der Waals surface area contributed by atoms with Crippen molar-refractivity contribution in [1.82, 2.24) is 26.6 Å². The van der Waals surface area contributed by atoms with Crippen molar-refractivity contribution in [3.05, 3.63) is 89.5 Å².